The zero-order valence-electron chi connectivity index (χ0n) is 12.0. The van der Waals surface area contributed by atoms with Crippen molar-refractivity contribution in [3.63, 3.8) is 0 Å². The summed E-state index contributed by atoms with van der Waals surface area (Å²) in [5.41, 5.74) is 1.24. The van der Waals surface area contributed by atoms with Crippen LogP contribution in [0, 0.1) is 0 Å². The molecule has 0 fully saturated rings. The van der Waals surface area contributed by atoms with Crippen LogP contribution in [-0.2, 0) is 19.9 Å². The lowest BCUT2D eigenvalue weighted by Crippen LogP contribution is -2.34. The number of halogens is 1. The number of hydrogen-bond donors (Lipinski definition) is 1. The first-order chi connectivity index (χ1) is 9.69. The van der Waals surface area contributed by atoms with Gasteiger partial charge in [0.1, 0.15) is 12.2 Å². The Bertz CT molecular complexity index is 538. The zero-order chi connectivity index (χ0) is 14.4. The van der Waals surface area contributed by atoms with Gasteiger partial charge in [-0.15, -0.1) is 0 Å². The lowest BCUT2D eigenvalue weighted by atomic mass is 10.0. The number of aryl methyl sites for hydroxylation is 1. The van der Waals surface area contributed by atoms with Crippen LogP contribution < -0.4 is 5.32 Å². The molecule has 1 N–H and O–H groups in total. The van der Waals surface area contributed by atoms with Crippen molar-refractivity contribution >= 4 is 11.6 Å². The second-order valence-electron chi connectivity index (χ2n) is 4.99. The lowest BCUT2D eigenvalue weighted by Gasteiger charge is -2.18. The molecular weight excluding hydrogens is 272 g/mol. The van der Waals surface area contributed by atoms with Gasteiger partial charge in [-0.3, -0.25) is 4.68 Å². The smallest absolute Gasteiger partial charge is 0.138 e. The third-order valence-electron chi connectivity index (χ3n) is 3.29. The van der Waals surface area contributed by atoms with Crippen LogP contribution >= 0.6 is 11.6 Å². The standard InChI is InChI=1S/C15H21ClN4/c1-3-7-17-14(10-15-18-11-19-20(15)2)9-12-5-4-6-13(16)8-12/h4-6,8,11,14,17H,3,7,9-10H2,1-2H3. The van der Waals surface area contributed by atoms with Crippen molar-refractivity contribution in [3.05, 3.63) is 47.0 Å². The fraction of sp³-hybridized carbons (Fsp3) is 0.467. The molecule has 1 aromatic carbocycles. The van der Waals surface area contributed by atoms with E-state index in [0.29, 0.717) is 6.04 Å². The van der Waals surface area contributed by atoms with E-state index in [4.69, 9.17) is 11.6 Å². The van der Waals surface area contributed by atoms with Gasteiger partial charge < -0.3 is 5.32 Å². The molecule has 5 heteroatoms. The van der Waals surface area contributed by atoms with Crippen molar-refractivity contribution in [2.75, 3.05) is 6.54 Å². The van der Waals surface area contributed by atoms with E-state index in [1.807, 2.05) is 29.9 Å². The Balaban J connectivity index is 2.05. The minimum atomic E-state index is 0.344. The summed E-state index contributed by atoms with van der Waals surface area (Å²) in [6.45, 7) is 3.18. The van der Waals surface area contributed by atoms with Gasteiger partial charge in [-0.2, -0.15) is 5.10 Å². The molecule has 0 aliphatic carbocycles. The summed E-state index contributed by atoms with van der Waals surface area (Å²) in [6, 6.07) is 8.39. The van der Waals surface area contributed by atoms with E-state index in [1.54, 1.807) is 6.33 Å². The van der Waals surface area contributed by atoms with Gasteiger partial charge >= 0.3 is 0 Å². The van der Waals surface area contributed by atoms with Crippen LogP contribution in [0.15, 0.2) is 30.6 Å². The first-order valence-electron chi connectivity index (χ1n) is 6.99. The fourth-order valence-electron chi connectivity index (χ4n) is 2.24. The van der Waals surface area contributed by atoms with Gasteiger partial charge in [0.2, 0.25) is 0 Å². The largest absolute Gasteiger partial charge is 0.313 e. The van der Waals surface area contributed by atoms with Crippen molar-refractivity contribution < 1.29 is 0 Å². The van der Waals surface area contributed by atoms with Gasteiger partial charge in [-0.05, 0) is 37.1 Å². The highest BCUT2D eigenvalue weighted by molar-refractivity contribution is 6.30. The summed E-state index contributed by atoms with van der Waals surface area (Å²) >= 11 is 6.05. The van der Waals surface area contributed by atoms with Crippen molar-refractivity contribution in [3.8, 4) is 0 Å². The van der Waals surface area contributed by atoms with Crippen LogP contribution in [-0.4, -0.2) is 27.4 Å². The number of aromatic nitrogens is 3. The highest BCUT2D eigenvalue weighted by Gasteiger charge is 2.13. The van der Waals surface area contributed by atoms with Gasteiger partial charge in [0.15, 0.2) is 0 Å². The van der Waals surface area contributed by atoms with Crippen LogP contribution in [0.1, 0.15) is 24.7 Å². The number of nitrogens with one attached hydrogen (secondary N) is 1. The fourth-order valence-corrected chi connectivity index (χ4v) is 2.45. The minimum absolute atomic E-state index is 0.344. The van der Waals surface area contributed by atoms with Crippen molar-refractivity contribution in [1.29, 1.82) is 0 Å². The van der Waals surface area contributed by atoms with E-state index < -0.39 is 0 Å². The average Bonchev–Trinajstić information content (AvgIpc) is 2.82. The van der Waals surface area contributed by atoms with Gasteiger partial charge in [0.25, 0.3) is 0 Å². The topological polar surface area (TPSA) is 42.7 Å². The lowest BCUT2D eigenvalue weighted by molar-refractivity contribution is 0.485. The average molecular weight is 293 g/mol. The van der Waals surface area contributed by atoms with E-state index in [9.17, 15) is 0 Å². The Morgan fingerprint density at radius 3 is 2.85 bits per heavy atom. The third kappa shape index (κ3) is 4.32. The van der Waals surface area contributed by atoms with E-state index in [2.05, 4.69) is 28.4 Å². The number of rotatable bonds is 7. The summed E-state index contributed by atoms with van der Waals surface area (Å²) in [5, 5.41) is 8.49. The molecule has 0 amide bonds. The molecule has 2 rings (SSSR count). The predicted molar refractivity (Wildman–Crippen MR) is 81.9 cm³/mol. The molecule has 1 aromatic heterocycles. The second kappa shape index (κ2) is 7.41. The first kappa shape index (κ1) is 15.0. The molecule has 4 nitrogen and oxygen atoms in total. The number of benzene rings is 1. The SMILES string of the molecule is CCCNC(Cc1cccc(Cl)c1)Cc1ncnn1C. The maximum Gasteiger partial charge on any atom is 0.138 e. The minimum Gasteiger partial charge on any atom is -0.313 e. The first-order valence-corrected chi connectivity index (χ1v) is 7.37. The van der Waals surface area contributed by atoms with Gasteiger partial charge in [-0.1, -0.05) is 30.7 Å². The predicted octanol–water partition coefficient (Wildman–Crippen LogP) is 2.62. The molecule has 0 aliphatic heterocycles. The molecule has 20 heavy (non-hydrogen) atoms. The maximum atomic E-state index is 6.05. The van der Waals surface area contributed by atoms with Crippen molar-refractivity contribution in [1.82, 2.24) is 20.1 Å². The van der Waals surface area contributed by atoms with Gasteiger partial charge in [0, 0.05) is 24.5 Å². The Kier molecular flexibility index (Phi) is 5.56. The van der Waals surface area contributed by atoms with Crippen LogP contribution in [0.4, 0.5) is 0 Å². The van der Waals surface area contributed by atoms with E-state index in [-0.39, 0.29) is 0 Å². The van der Waals surface area contributed by atoms with E-state index in [1.165, 1.54) is 5.56 Å². The molecule has 2 aromatic rings. The normalized spacial score (nSPS) is 12.6. The third-order valence-corrected chi connectivity index (χ3v) is 3.52. The maximum absolute atomic E-state index is 6.05. The Morgan fingerprint density at radius 1 is 1.35 bits per heavy atom. The molecule has 0 saturated carbocycles. The van der Waals surface area contributed by atoms with Gasteiger partial charge in [-0.25, -0.2) is 4.98 Å². The number of nitrogens with zero attached hydrogens (tertiary/aromatic N) is 3. The summed E-state index contributed by atoms with van der Waals surface area (Å²) in [6.07, 6.45) is 4.52. The monoisotopic (exact) mass is 292 g/mol. The quantitative estimate of drug-likeness (QED) is 0.853. The summed E-state index contributed by atoms with van der Waals surface area (Å²) in [7, 11) is 1.93. The molecule has 1 heterocycles. The van der Waals surface area contributed by atoms with Crippen molar-refractivity contribution in [2.45, 2.75) is 32.2 Å². The molecule has 0 aliphatic rings. The second-order valence-corrected chi connectivity index (χ2v) is 5.43. The molecule has 0 bridgehead atoms. The Labute approximate surface area is 125 Å². The van der Waals surface area contributed by atoms with Crippen molar-refractivity contribution in [2.24, 2.45) is 7.05 Å². The highest BCUT2D eigenvalue weighted by atomic mass is 35.5. The molecule has 1 atom stereocenters. The Hall–Kier alpha value is -1.39. The summed E-state index contributed by atoms with van der Waals surface area (Å²) in [5.74, 6) is 1.00. The van der Waals surface area contributed by atoms with Crippen LogP contribution in [0.2, 0.25) is 5.02 Å². The molecular formula is C15H21ClN4. The van der Waals surface area contributed by atoms with E-state index >= 15 is 0 Å². The summed E-state index contributed by atoms with van der Waals surface area (Å²) in [4.78, 5) is 4.31. The summed E-state index contributed by atoms with van der Waals surface area (Å²) < 4.78 is 1.83. The van der Waals surface area contributed by atoms with E-state index in [0.717, 1.165) is 36.7 Å². The Morgan fingerprint density at radius 2 is 2.20 bits per heavy atom. The molecule has 1 unspecified atom stereocenters. The van der Waals surface area contributed by atoms with Gasteiger partial charge in [0.05, 0.1) is 0 Å². The van der Waals surface area contributed by atoms with Crippen LogP contribution in [0.3, 0.4) is 0 Å². The highest BCUT2D eigenvalue weighted by Crippen LogP contribution is 2.13. The zero-order valence-corrected chi connectivity index (χ0v) is 12.8. The molecule has 0 spiro atoms. The molecule has 0 radical (unpaired) electrons. The van der Waals surface area contributed by atoms with Crippen LogP contribution in [0.25, 0.3) is 0 Å². The number of hydrogen-bond acceptors (Lipinski definition) is 3. The van der Waals surface area contributed by atoms with Crippen LogP contribution in [0.5, 0.6) is 0 Å². The molecule has 0 saturated heterocycles. The molecule has 108 valence electrons.